The van der Waals surface area contributed by atoms with Gasteiger partial charge in [0, 0.05) is 13.6 Å². The third-order valence-corrected chi connectivity index (χ3v) is 5.95. The van der Waals surface area contributed by atoms with E-state index >= 15 is 0 Å². The summed E-state index contributed by atoms with van der Waals surface area (Å²) < 4.78 is 30.3. The number of carbonyl (C=O) groups excluding carboxylic acids is 2. The molecule has 1 atom stereocenters. The molecule has 2 aromatic carbocycles. The van der Waals surface area contributed by atoms with Crippen molar-refractivity contribution in [2.24, 2.45) is 5.92 Å². The molecule has 0 aromatic heterocycles. The first-order chi connectivity index (χ1) is 15.0. The van der Waals surface area contributed by atoms with Crippen molar-refractivity contribution < 1.29 is 22.7 Å². The van der Waals surface area contributed by atoms with Gasteiger partial charge in [-0.1, -0.05) is 32.9 Å². The number of amides is 2. The van der Waals surface area contributed by atoms with E-state index in [1.807, 2.05) is 20.8 Å². The summed E-state index contributed by atoms with van der Waals surface area (Å²) in [6.07, 6.45) is 0.731. The van der Waals surface area contributed by atoms with Crippen LogP contribution < -0.4 is 19.7 Å². The van der Waals surface area contributed by atoms with Gasteiger partial charge in [-0.15, -0.1) is 0 Å². The topological polar surface area (TPSA) is 105 Å². The van der Waals surface area contributed by atoms with Gasteiger partial charge in [-0.25, -0.2) is 8.42 Å². The molecule has 174 valence electrons. The summed E-state index contributed by atoms with van der Waals surface area (Å²) in [6.45, 7) is 6.36. The van der Waals surface area contributed by atoms with Gasteiger partial charge in [0.2, 0.25) is 10.0 Å². The van der Waals surface area contributed by atoms with Crippen LogP contribution in [-0.4, -0.2) is 46.2 Å². The van der Waals surface area contributed by atoms with Crippen LogP contribution in [0.25, 0.3) is 0 Å². The summed E-state index contributed by atoms with van der Waals surface area (Å²) in [6, 6.07) is 13.2. The molecule has 9 heteroatoms. The van der Waals surface area contributed by atoms with E-state index in [1.54, 1.807) is 48.5 Å². The second-order valence-electron chi connectivity index (χ2n) is 7.88. The van der Waals surface area contributed by atoms with Crippen molar-refractivity contribution in [1.82, 2.24) is 5.32 Å². The van der Waals surface area contributed by atoms with E-state index in [1.165, 1.54) is 7.05 Å². The molecule has 0 saturated heterocycles. The zero-order chi connectivity index (χ0) is 23.9. The SMILES string of the molecule is CC[C@H](Oc1ccc(N(C)S(C)(=O)=O)cc1)C(=O)Nc1ccccc1C(=O)NCC(C)C. The number of hydrogen-bond donors (Lipinski definition) is 2. The van der Waals surface area contributed by atoms with Crippen molar-refractivity contribution in [2.75, 3.05) is 29.5 Å². The van der Waals surface area contributed by atoms with Crippen molar-refractivity contribution in [2.45, 2.75) is 33.3 Å². The summed E-state index contributed by atoms with van der Waals surface area (Å²) in [7, 11) is -1.91. The summed E-state index contributed by atoms with van der Waals surface area (Å²) in [4.78, 5) is 25.3. The molecule has 0 aliphatic rings. The number of rotatable bonds is 10. The van der Waals surface area contributed by atoms with Gasteiger partial charge in [-0.2, -0.15) is 0 Å². The zero-order valence-electron chi connectivity index (χ0n) is 19.1. The highest BCUT2D eigenvalue weighted by Gasteiger charge is 2.21. The maximum Gasteiger partial charge on any atom is 0.265 e. The molecule has 0 spiro atoms. The Labute approximate surface area is 190 Å². The molecule has 0 heterocycles. The van der Waals surface area contributed by atoms with Crippen LogP contribution in [0.3, 0.4) is 0 Å². The van der Waals surface area contributed by atoms with Gasteiger partial charge in [0.25, 0.3) is 11.8 Å². The first kappa shape index (κ1) is 25.2. The highest BCUT2D eigenvalue weighted by atomic mass is 32.2. The Kier molecular flexibility index (Phi) is 8.65. The normalized spacial score (nSPS) is 12.2. The number of ether oxygens (including phenoxy) is 1. The minimum atomic E-state index is -3.37. The first-order valence-electron chi connectivity index (χ1n) is 10.4. The lowest BCUT2D eigenvalue weighted by atomic mass is 10.1. The maximum absolute atomic E-state index is 12.8. The molecular formula is C23H31N3O5S. The highest BCUT2D eigenvalue weighted by molar-refractivity contribution is 7.92. The lowest BCUT2D eigenvalue weighted by Gasteiger charge is -2.20. The Morgan fingerprint density at radius 2 is 1.69 bits per heavy atom. The zero-order valence-corrected chi connectivity index (χ0v) is 19.9. The predicted molar refractivity (Wildman–Crippen MR) is 127 cm³/mol. The molecule has 0 aliphatic carbocycles. The van der Waals surface area contributed by atoms with E-state index in [0.717, 1.165) is 10.6 Å². The van der Waals surface area contributed by atoms with Crippen LogP contribution in [0, 0.1) is 5.92 Å². The molecule has 0 bridgehead atoms. The summed E-state index contributed by atoms with van der Waals surface area (Å²) in [5.41, 5.74) is 1.27. The van der Waals surface area contributed by atoms with E-state index in [4.69, 9.17) is 4.74 Å². The van der Waals surface area contributed by atoms with Gasteiger partial charge in [0.05, 0.1) is 23.2 Å². The van der Waals surface area contributed by atoms with Crippen LogP contribution in [0.2, 0.25) is 0 Å². The number of nitrogens with one attached hydrogen (secondary N) is 2. The lowest BCUT2D eigenvalue weighted by Crippen LogP contribution is -2.34. The second-order valence-corrected chi connectivity index (χ2v) is 9.89. The third kappa shape index (κ3) is 6.98. The van der Waals surface area contributed by atoms with Gasteiger partial charge >= 0.3 is 0 Å². The molecule has 0 saturated carbocycles. The summed E-state index contributed by atoms with van der Waals surface area (Å²) in [5.74, 6) is 0.103. The first-order valence-corrected chi connectivity index (χ1v) is 12.3. The van der Waals surface area contributed by atoms with Gasteiger partial charge in [0.1, 0.15) is 5.75 Å². The maximum atomic E-state index is 12.8. The number of hydrogen-bond acceptors (Lipinski definition) is 5. The molecule has 0 unspecified atom stereocenters. The molecule has 0 aliphatic heterocycles. The highest BCUT2D eigenvalue weighted by Crippen LogP contribution is 2.22. The third-order valence-electron chi connectivity index (χ3n) is 4.74. The average Bonchev–Trinajstić information content (AvgIpc) is 2.75. The van der Waals surface area contributed by atoms with Crippen LogP contribution in [0.4, 0.5) is 11.4 Å². The fourth-order valence-electron chi connectivity index (χ4n) is 2.81. The van der Waals surface area contributed by atoms with Crippen LogP contribution in [0.15, 0.2) is 48.5 Å². The minimum Gasteiger partial charge on any atom is -0.481 e. The molecular weight excluding hydrogens is 430 g/mol. The smallest absolute Gasteiger partial charge is 0.265 e. The molecule has 2 aromatic rings. The van der Waals surface area contributed by atoms with E-state index in [9.17, 15) is 18.0 Å². The molecule has 8 nitrogen and oxygen atoms in total. The number of benzene rings is 2. The fraction of sp³-hybridized carbons (Fsp3) is 0.391. The van der Waals surface area contributed by atoms with E-state index in [2.05, 4.69) is 10.6 Å². The van der Waals surface area contributed by atoms with Crippen molar-refractivity contribution in [3.8, 4) is 5.75 Å². The lowest BCUT2D eigenvalue weighted by molar-refractivity contribution is -0.122. The average molecular weight is 462 g/mol. The van der Waals surface area contributed by atoms with Crippen molar-refractivity contribution in [1.29, 1.82) is 0 Å². The van der Waals surface area contributed by atoms with E-state index < -0.39 is 16.1 Å². The number of para-hydroxylation sites is 1. The number of nitrogens with zero attached hydrogens (tertiary/aromatic N) is 1. The number of carbonyl (C=O) groups is 2. The minimum absolute atomic E-state index is 0.255. The van der Waals surface area contributed by atoms with Crippen molar-refractivity contribution >= 4 is 33.2 Å². The van der Waals surface area contributed by atoms with Crippen LogP contribution in [-0.2, 0) is 14.8 Å². The summed E-state index contributed by atoms with van der Waals surface area (Å²) in [5, 5.41) is 5.64. The van der Waals surface area contributed by atoms with Crippen LogP contribution >= 0.6 is 0 Å². The van der Waals surface area contributed by atoms with Crippen LogP contribution in [0.5, 0.6) is 5.75 Å². The number of anilines is 2. The number of sulfonamides is 1. The Hall–Kier alpha value is -3.07. The summed E-state index contributed by atoms with van der Waals surface area (Å²) >= 11 is 0. The Morgan fingerprint density at radius 3 is 2.25 bits per heavy atom. The van der Waals surface area contributed by atoms with E-state index in [-0.39, 0.29) is 11.8 Å². The quantitative estimate of drug-likeness (QED) is 0.565. The monoisotopic (exact) mass is 461 g/mol. The molecule has 2 N–H and O–H groups in total. The standard InChI is InChI=1S/C23H31N3O5S/c1-6-21(31-18-13-11-17(12-14-18)26(4)32(5,29)30)23(28)25-20-10-8-7-9-19(20)22(27)24-15-16(2)3/h7-14,16,21H,6,15H2,1-5H3,(H,24,27)(H,25,28)/t21-/m0/s1. The molecule has 32 heavy (non-hydrogen) atoms. The molecule has 2 amide bonds. The predicted octanol–water partition coefficient (Wildman–Crippen LogP) is 3.26. The van der Waals surface area contributed by atoms with Crippen LogP contribution in [0.1, 0.15) is 37.6 Å². The second kappa shape index (κ2) is 11.0. The van der Waals surface area contributed by atoms with Gasteiger partial charge in [0.15, 0.2) is 6.10 Å². The largest absolute Gasteiger partial charge is 0.481 e. The molecule has 2 rings (SSSR count). The molecule has 0 radical (unpaired) electrons. The van der Waals surface area contributed by atoms with Crippen molar-refractivity contribution in [3.05, 3.63) is 54.1 Å². The van der Waals surface area contributed by atoms with Gasteiger partial charge < -0.3 is 15.4 Å². The Balaban J connectivity index is 2.10. The van der Waals surface area contributed by atoms with E-state index in [0.29, 0.717) is 41.6 Å². The van der Waals surface area contributed by atoms with Gasteiger partial charge in [-0.3, -0.25) is 13.9 Å². The Morgan fingerprint density at radius 1 is 1.06 bits per heavy atom. The van der Waals surface area contributed by atoms with Gasteiger partial charge in [-0.05, 0) is 48.7 Å². The van der Waals surface area contributed by atoms with Crippen molar-refractivity contribution in [3.63, 3.8) is 0 Å². The fourth-order valence-corrected chi connectivity index (χ4v) is 3.31. The Bertz CT molecular complexity index is 1040. The molecule has 0 fully saturated rings.